The second-order valence-electron chi connectivity index (χ2n) is 7.54. The zero-order chi connectivity index (χ0) is 19.7. The second kappa shape index (κ2) is 7.80. The summed E-state index contributed by atoms with van der Waals surface area (Å²) in [6, 6.07) is 9.85. The molecule has 7 heteroatoms. The van der Waals surface area contributed by atoms with E-state index in [9.17, 15) is 4.79 Å². The van der Waals surface area contributed by atoms with Crippen LogP contribution >= 0.6 is 11.6 Å². The van der Waals surface area contributed by atoms with Crippen molar-refractivity contribution in [3.05, 3.63) is 47.7 Å². The van der Waals surface area contributed by atoms with Crippen molar-refractivity contribution in [2.24, 2.45) is 5.92 Å². The Morgan fingerprint density at radius 3 is 2.93 bits per heavy atom. The van der Waals surface area contributed by atoms with Crippen LogP contribution in [-0.4, -0.2) is 39.6 Å². The summed E-state index contributed by atoms with van der Waals surface area (Å²) >= 11 is 6.35. The van der Waals surface area contributed by atoms with Gasteiger partial charge in [0, 0.05) is 37.1 Å². The molecule has 1 amide bonds. The van der Waals surface area contributed by atoms with E-state index < -0.39 is 0 Å². The third-order valence-electron chi connectivity index (χ3n) is 5.04. The molecule has 4 rings (SSSR count). The van der Waals surface area contributed by atoms with Crippen molar-refractivity contribution < 1.29 is 4.79 Å². The number of halogens is 1. The smallest absolute Gasteiger partial charge is 0.225 e. The highest BCUT2D eigenvalue weighted by Gasteiger charge is 2.28. The van der Waals surface area contributed by atoms with E-state index in [1.807, 2.05) is 54.9 Å². The van der Waals surface area contributed by atoms with Gasteiger partial charge in [-0.15, -0.1) is 0 Å². The van der Waals surface area contributed by atoms with Gasteiger partial charge in [0.25, 0.3) is 0 Å². The number of anilines is 1. The molecular weight excluding hydrogens is 374 g/mol. The molecule has 1 unspecified atom stereocenters. The first kappa shape index (κ1) is 18.7. The lowest BCUT2D eigenvalue weighted by atomic mass is 9.96. The molecule has 0 spiro atoms. The van der Waals surface area contributed by atoms with E-state index in [1.165, 1.54) is 0 Å². The molecule has 1 N–H and O–H groups in total. The van der Waals surface area contributed by atoms with E-state index >= 15 is 0 Å². The van der Waals surface area contributed by atoms with E-state index in [0.29, 0.717) is 11.6 Å². The molecule has 1 aliphatic heterocycles. The first-order valence-electron chi connectivity index (χ1n) is 9.67. The van der Waals surface area contributed by atoms with Gasteiger partial charge in [-0.05, 0) is 38.8 Å². The predicted molar refractivity (Wildman–Crippen MR) is 112 cm³/mol. The van der Waals surface area contributed by atoms with Gasteiger partial charge in [-0.1, -0.05) is 29.8 Å². The predicted octanol–water partition coefficient (Wildman–Crippen LogP) is 3.79. The molecule has 1 atom stereocenters. The van der Waals surface area contributed by atoms with Gasteiger partial charge in [0.05, 0.1) is 16.6 Å². The summed E-state index contributed by atoms with van der Waals surface area (Å²) in [6.45, 7) is 5.52. The summed E-state index contributed by atoms with van der Waals surface area (Å²) in [5, 5.41) is 8.38. The van der Waals surface area contributed by atoms with Crippen LogP contribution in [0.15, 0.2) is 42.7 Å². The third kappa shape index (κ3) is 3.69. The first-order valence-corrected chi connectivity index (χ1v) is 10.1. The maximum Gasteiger partial charge on any atom is 0.225 e. The number of nitrogens with zero attached hydrogens (tertiary/aromatic N) is 4. The van der Waals surface area contributed by atoms with Crippen molar-refractivity contribution in [2.75, 3.05) is 18.0 Å². The highest BCUT2D eigenvalue weighted by atomic mass is 35.5. The van der Waals surface area contributed by atoms with E-state index in [0.717, 1.165) is 42.0 Å². The van der Waals surface area contributed by atoms with Gasteiger partial charge in [-0.2, -0.15) is 5.10 Å². The molecule has 0 bridgehead atoms. The van der Waals surface area contributed by atoms with Crippen LogP contribution < -0.4 is 10.2 Å². The van der Waals surface area contributed by atoms with Crippen molar-refractivity contribution in [3.8, 4) is 11.3 Å². The Morgan fingerprint density at radius 2 is 2.14 bits per heavy atom. The van der Waals surface area contributed by atoms with Crippen LogP contribution in [0.1, 0.15) is 26.7 Å². The molecule has 1 aromatic carbocycles. The van der Waals surface area contributed by atoms with Gasteiger partial charge in [-0.25, -0.2) is 9.50 Å². The Labute approximate surface area is 169 Å². The Kier molecular flexibility index (Phi) is 5.22. The standard InChI is InChI=1S/C21H24ClN5O/c1-14(2)24-21(28)15-6-5-10-26(13-15)20-19-12-18(25-27(19)11-9-23-20)16-7-3-4-8-17(16)22/h3-4,7-9,11-12,14-15H,5-6,10,13H2,1-2H3,(H,24,28). The topological polar surface area (TPSA) is 62.5 Å². The van der Waals surface area contributed by atoms with Gasteiger partial charge in [0.15, 0.2) is 5.82 Å². The zero-order valence-corrected chi connectivity index (χ0v) is 16.9. The molecule has 1 saturated heterocycles. The van der Waals surface area contributed by atoms with Crippen LogP contribution in [0.3, 0.4) is 0 Å². The van der Waals surface area contributed by atoms with Crippen LogP contribution in [0.2, 0.25) is 5.02 Å². The minimum absolute atomic E-state index is 0.0239. The number of piperidine rings is 1. The monoisotopic (exact) mass is 397 g/mol. The lowest BCUT2D eigenvalue weighted by Crippen LogP contribution is -2.45. The molecule has 28 heavy (non-hydrogen) atoms. The lowest BCUT2D eigenvalue weighted by Gasteiger charge is -2.33. The van der Waals surface area contributed by atoms with Crippen LogP contribution in [0, 0.1) is 5.92 Å². The number of nitrogens with one attached hydrogen (secondary N) is 1. The second-order valence-corrected chi connectivity index (χ2v) is 7.95. The number of carbonyl (C=O) groups is 1. The molecule has 2 aromatic heterocycles. The molecule has 0 aliphatic carbocycles. The average Bonchev–Trinajstić information content (AvgIpc) is 3.12. The van der Waals surface area contributed by atoms with Crippen LogP contribution in [0.4, 0.5) is 5.82 Å². The van der Waals surface area contributed by atoms with Crippen molar-refractivity contribution in [3.63, 3.8) is 0 Å². The summed E-state index contributed by atoms with van der Waals surface area (Å²) in [6.07, 6.45) is 5.46. The maximum atomic E-state index is 12.5. The quantitative estimate of drug-likeness (QED) is 0.727. The van der Waals surface area contributed by atoms with Crippen molar-refractivity contribution in [1.82, 2.24) is 19.9 Å². The largest absolute Gasteiger partial charge is 0.354 e. The Morgan fingerprint density at radius 1 is 1.32 bits per heavy atom. The van der Waals surface area contributed by atoms with Crippen molar-refractivity contribution >= 4 is 28.8 Å². The SMILES string of the molecule is CC(C)NC(=O)C1CCCN(c2nccn3nc(-c4ccccc4Cl)cc23)C1. The number of aromatic nitrogens is 3. The molecule has 0 radical (unpaired) electrons. The fourth-order valence-corrected chi connectivity index (χ4v) is 3.97. The number of fused-ring (bicyclic) bond motifs is 1. The summed E-state index contributed by atoms with van der Waals surface area (Å²) in [5.41, 5.74) is 2.62. The number of benzene rings is 1. The third-order valence-corrected chi connectivity index (χ3v) is 5.37. The van der Waals surface area contributed by atoms with Crippen LogP contribution in [-0.2, 0) is 4.79 Å². The molecular formula is C21H24ClN5O. The number of hydrogen-bond acceptors (Lipinski definition) is 4. The van der Waals surface area contributed by atoms with Crippen molar-refractivity contribution in [1.29, 1.82) is 0 Å². The molecule has 6 nitrogen and oxygen atoms in total. The molecule has 146 valence electrons. The Balaban J connectivity index is 1.65. The van der Waals surface area contributed by atoms with Gasteiger partial charge in [0.1, 0.15) is 5.52 Å². The fourth-order valence-electron chi connectivity index (χ4n) is 3.74. The summed E-state index contributed by atoms with van der Waals surface area (Å²) < 4.78 is 1.83. The van der Waals surface area contributed by atoms with E-state index in [-0.39, 0.29) is 17.9 Å². The molecule has 3 heterocycles. The van der Waals surface area contributed by atoms with Gasteiger partial charge in [0.2, 0.25) is 5.91 Å². The Bertz CT molecular complexity index is 999. The van der Waals surface area contributed by atoms with Gasteiger partial charge >= 0.3 is 0 Å². The van der Waals surface area contributed by atoms with E-state index in [2.05, 4.69) is 20.3 Å². The van der Waals surface area contributed by atoms with Crippen molar-refractivity contribution in [2.45, 2.75) is 32.7 Å². The van der Waals surface area contributed by atoms with Gasteiger partial charge in [-0.3, -0.25) is 4.79 Å². The minimum Gasteiger partial charge on any atom is -0.354 e. The summed E-state index contributed by atoms with van der Waals surface area (Å²) in [4.78, 5) is 19.3. The lowest BCUT2D eigenvalue weighted by molar-refractivity contribution is -0.125. The highest BCUT2D eigenvalue weighted by Crippen LogP contribution is 2.31. The highest BCUT2D eigenvalue weighted by molar-refractivity contribution is 6.33. The van der Waals surface area contributed by atoms with Crippen LogP contribution in [0.25, 0.3) is 16.8 Å². The van der Waals surface area contributed by atoms with E-state index in [4.69, 9.17) is 11.6 Å². The van der Waals surface area contributed by atoms with Crippen LogP contribution in [0.5, 0.6) is 0 Å². The molecule has 1 aliphatic rings. The zero-order valence-electron chi connectivity index (χ0n) is 16.1. The Hall–Kier alpha value is -2.60. The summed E-state index contributed by atoms with van der Waals surface area (Å²) in [7, 11) is 0. The van der Waals surface area contributed by atoms with E-state index in [1.54, 1.807) is 6.20 Å². The fraction of sp³-hybridized carbons (Fsp3) is 0.381. The number of rotatable bonds is 4. The molecule has 3 aromatic rings. The number of hydrogen-bond donors (Lipinski definition) is 1. The normalized spacial score (nSPS) is 17.3. The molecule has 0 saturated carbocycles. The average molecular weight is 398 g/mol. The number of amides is 1. The molecule has 1 fully saturated rings. The maximum absolute atomic E-state index is 12.5. The van der Waals surface area contributed by atoms with Gasteiger partial charge < -0.3 is 10.2 Å². The number of carbonyl (C=O) groups excluding carboxylic acids is 1. The summed E-state index contributed by atoms with van der Waals surface area (Å²) in [5.74, 6) is 0.955. The first-order chi connectivity index (χ1) is 13.5. The minimum atomic E-state index is -0.0239.